The molecule has 47 heavy (non-hydrogen) atoms. The van der Waals surface area contributed by atoms with Gasteiger partial charge in [0, 0.05) is 55.3 Å². The van der Waals surface area contributed by atoms with Gasteiger partial charge in [0.1, 0.15) is 11.5 Å². The molecule has 0 spiro atoms. The second-order valence-electron chi connectivity index (χ2n) is 12.8. The molecular formula is C35H44N6O5S. The van der Waals surface area contributed by atoms with Crippen LogP contribution in [0, 0.1) is 0 Å². The predicted molar refractivity (Wildman–Crippen MR) is 188 cm³/mol. The van der Waals surface area contributed by atoms with E-state index in [2.05, 4.69) is 37.5 Å². The number of rotatable bonds is 10. The molecule has 0 bridgehead atoms. The summed E-state index contributed by atoms with van der Waals surface area (Å²) in [7, 11) is -2.18. The van der Waals surface area contributed by atoms with E-state index in [9.17, 15) is 13.2 Å². The molecule has 1 unspecified atom stereocenters. The molecule has 2 amide bonds. The molecule has 0 saturated carbocycles. The Balaban J connectivity index is 1.37. The van der Waals surface area contributed by atoms with Gasteiger partial charge < -0.3 is 25.4 Å². The minimum atomic E-state index is -3.61. The molecule has 4 aromatic rings. The van der Waals surface area contributed by atoms with Crippen LogP contribution in [0.1, 0.15) is 45.4 Å². The molecule has 1 fully saturated rings. The number of carbonyl (C=O) groups excluding carboxylic acids is 1. The van der Waals surface area contributed by atoms with E-state index < -0.39 is 16.1 Å². The van der Waals surface area contributed by atoms with E-state index in [0.717, 1.165) is 60.9 Å². The standard InChI is InChI=1S/C35H44N6O5S/c1-7-24-21-41(17-16-37-24)22-25-20-26(14-15-36-25)46-32-13-12-29(27-10-8-9-11-28(27)32)38-34(42)39-30-18-23(35(2,3)4)19-31(33(30)45-5)40-47(6,43)44/h8-15,18-20,24,37,40H,7,16-17,21-22H2,1-6H3,(H2,38,39,42). The van der Waals surface area contributed by atoms with Gasteiger partial charge in [0.15, 0.2) is 5.75 Å². The molecule has 4 N–H and O–H groups in total. The fraction of sp³-hybridized carbons (Fsp3) is 0.371. The molecule has 250 valence electrons. The maximum Gasteiger partial charge on any atom is 0.323 e. The molecule has 3 aromatic carbocycles. The van der Waals surface area contributed by atoms with Crippen molar-refractivity contribution >= 4 is 43.9 Å². The summed E-state index contributed by atoms with van der Waals surface area (Å²) < 4.78 is 38.6. The fourth-order valence-electron chi connectivity index (χ4n) is 5.67. The Labute approximate surface area is 277 Å². The van der Waals surface area contributed by atoms with Gasteiger partial charge in [-0.2, -0.15) is 0 Å². The van der Waals surface area contributed by atoms with Crippen LogP contribution in [-0.4, -0.2) is 63.4 Å². The average molecular weight is 661 g/mol. The molecule has 0 aliphatic carbocycles. The lowest BCUT2D eigenvalue weighted by Crippen LogP contribution is -2.49. The second kappa shape index (κ2) is 14.2. The first-order valence-corrected chi connectivity index (χ1v) is 17.6. The second-order valence-corrected chi connectivity index (χ2v) is 14.6. The van der Waals surface area contributed by atoms with Crippen molar-refractivity contribution in [1.29, 1.82) is 0 Å². The van der Waals surface area contributed by atoms with E-state index in [1.54, 1.807) is 24.4 Å². The third-order valence-electron chi connectivity index (χ3n) is 8.07. The highest BCUT2D eigenvalue weighted by Gasteiger charge is 2.23. The molecule has 0 radical (unpaired) electrons. The number of nitrogens with zero attached hydrogens (tertiary/aromatic N) is 2. The first kappa shape index (κ1) is 34.0. The maximum atomic E-state index is 13.4. The van der Waals surface area contributed by atoms with Gasteiger partial charge in [-0.3, -0.25) is 14.6 Å². The van der Waals surface area contributed by atoms with Gasteiger partial charge in [0.05, 0.1) is 36.1 Å². The Morgan fingerprint density at radius 2 is 1.74 bits per heavy atom. The largest absolute Gasteiger partial charge is 0.492 e. The van der Waals surface area contributed by atoms with Crippen LogP contribution < -0.4 is 30.1 Å². The van der Waals surface area contributed by atoms with Crippen LogP contribution in [0.2, 0.25) is 0 Å². The van der Waals surface area contributed by atoms with Crippen molar-refractivity contribution in [2.24, 2.45) is 0 Å². The van der Waals surface area contributed by atoms with Gasteiger partial charge in [-0.05, 0) is 47.7 Å². The van der Waals surface area contributed by atoms with Gasteiger partial charge in [-0.15, -0.1) is 0 Å². The minimum absolute atomic E-state index is 0.200. The molecule has 1 aliphatic heterocycles. The summed E-state index contributed by atoms with van der Waals surface area (Å²) in [6, 6.07) is 18.6. The quantitative estimate of drug-likeness (QED) is 0.151. The summed E-state index contributed by atoms with van der Waals surface area (Å²) in [6.45, 7) is 11.9. The summed E-state index contributed by atoms with van der Waals surface area (Å²) >= 11 is 0. The molecule has 5 rings (SSSR count). The smallest absolute Gasteiger partial charge is 0.323 e. The number of piperazine rings is 1. The van der Waals surface area contributed by atoms with Gasteiger partial charge in [0.25, 0.3) is 0 Å². The van der Waals surface area contributed by atoms with Crippen LogP contribution >= 0.6 is 0 Å². The summed E-state index contributed by atoms with van der Waals surface area (Å²) in [5.41, 5.74) is 2.56. The number of sulfonamides is 1. The highest BCUT2D eigenvalue weighted by molar-refractivity contribution is 7.92. The van der Waals surface area contributed by atoms with Crippen LogP contribution in [0.4, 0.5) is 21.9 Å². The van der Waals surface area contributed by atoms with E-state index in [4.69, 9.17) is 9.47 Å². The molecule has 1 aromatic heterocycles. The zero-order chi connectivity index (χ0) is 33.8. The van der Waals surface area contributed by atoms with Crippen molar-refractivity contribution in [2.75, 3.05) is 48.4 Å². The third-order valence-corrected chi connectivity index (χ3v) is 8.66. The summed E-state index contributed by atoms with van der Waals surface area (Å²) in [4.78, 5) is 20.4. The van der Waals surface area contributed by atoms with Crippen LogP contribution in [0.15, 0.2) is 66.9 Å². The number of methoxy groups -OCH3 is 1. The number of benzene rings is 3. The summed E-state index contributed by atoms with van der Waals surface area (Å²) in [6.07, 6.45) is 3.93. The first-order chi connectivity index (χ1) is 22.3. The average Bonchev–Trinajstić information content (AvgIpc) is 3.01. The molecule has 1 saturated heterocycles. The molecule has 12 heteroatoms. The number of urea groups is 1. The van der Waals surface area contributed by atoms with E-state index in [1.807, 2.05) is 63.2 Å². The lowest BCUT2D eigenvalue weighted by molar-refractivity contribution is 0.188. The first-order valence-electron chi connectivity index (χ1n) is 15.7. The summed E-state index contributed by atoms with van der Waals surface area (Å²) in [5.74, 6) is 1.53. The van der Waals surface area contributed by atoms with Crippen molar-refractivity contribution in [3.05, 3.63) is 78.1 Å². The number of nitrogens with one attached hydrogen (secondary N) is 4. The molecular weight excluding hydrogens is 616 g/mol. The normalized spacial score (nSPS) is 15.7. The van der Waals surface area contributed by atoms with Gasteiger partial charge in [-0.1, -0.05) is 52.0 Å². The molecule has 2 heterocycles. The molecule has 1 atom stereocenters. The van der Waals surface area contributed by atoms with Gasteiger partial charge in [-0.25, -0.2) is 13.2 Å². The molecule has 1 aliphatic rings. The van der Waals surface area contributed by atoms with Gasteiger partial charge in [0.2, 0.25) is 10.0 Å². The van der Waals surface area contributed by atoms with Crippen molar-refractivity contribution in [1.82, 2.24) is 15.2 Å². The number of fused-ring (bicyclic) bond motifs is 1. The van der Waals surface area contributed by atoms with E-state index in [1.165, 1.54) is 7.11 Å². The van der Waals surface area contributed by atoms with Crippen molar-refractivity contribution in [3.8, 4) is 17.2 Å². The maximum absolute atomic E-state index is 13.4. The van der Waals surface area contributed by atoms with Crippen LogP contribution in [0.3, 0.4) is 0 Å². The minimum Gasteiger partial charge on any atom is -0.492 e. The lowest BCUT2D eigenvalue weighted by Gasteiger charge is -2.32. The number of anilines is 3. The van der Waals surface area contributed by atoms with E-state index in [-0.39, 0.29) is 16.9 Å². The van der Waals surface area contributed by atoms with Crippen molar-refractivity contribution in [3.63, 3.8) is 0 Å². The zero-order valence-corrected chi connectivity index (χ0v) is 28.6. The van der Waals surface area contributed by atoms with Crippen LogP contribution in [0.25, 0.3) is 10.8 Å². The topological polar surface area (TPSA) is 134 Å². The Morgan fingerprint density at radius 3 is 2.45 bits per heavy atom. The third kappa shape index (κ3) is 8.70. The highest BCUT2D eigenvalue weighted by Crippen LogP contribution is 2.40. The Morgan fingerprint density at radius 1 is 1.02 bits per heavy atom. The number of pyridine rings is 1. The predicted octanol–water partition coefficient (Wildman–Crippen LogP) is 6.53. The monoisotopic (exact) mass is 660 g/mol. The van der Waals surface area contributed by atoms with Crippen molar-refractivity contribution < 1.29 is 22.7 Å². The summed E-state index contributed by atoms with van der Waals surface area (Å²) in [5, 5.41) is 11.0. The Bertz CT molecular complexity index is 1860. The number of amides is 2. The van der Waals surface area contributed by atoms with Crippen LogP contribution in [0.5, 0.6) is 17.2 Å². The number of ether oxygens (including phenoxy) is 2. The SMILES string of the molecule is CCC1CN(Cc2cc(Oc3ccc(NC(=O)Nc4cc(C(C)(C)C)cc(NS(C)(=O)=O)c4OC)c4ccccc34)ccn2)CCN1. The van der Waals surface area contributed by atoms with Crippen molar-refractivity contribution in [2.45, 2.75) is 52.1 Å². The number of carbonyl (C=O) groups is 1. The highest BCUT2D eigenvalue weighted by atomic mass is 32.2. The number of hydrogen-bond acceptors (Lipinski definition) is 8. The molecule has 11 nitrogen and oxygen atoms in total. The van der Waals surface area contributed by atoms with E-state index >= 15 is 0 Å². The Kier molecular flexibility index (Phi) is 10.2. The zero-order valence-electron chi connectivity index (χ0n) is 27.8. The fourth-order valence-corrected chi connectivity index (χ4v) is 6.22. The van der Waals surface area contributed by atoms with Gasteiger partial charge >= 0.3 is 6.03 Å². The van der Waals surface area contributed by atoms with E-state index in [0.29, 0.717) is 28.9 Å². The lowest BCUT2D eigenvalue weighted by atomic mass is 9.86. The Hall–Kier alpha value is -4.39. The number of aromatic nitrogens is 1. The van der Waals surface area contributed by atoms with Crippen LogP contribution in [-0.2, 0) is 22.0 Å². The number of hydrogen-bond donors (Lipinski definition) is 4.